The van der Waals surface area contributed by atoms with Crippen LogP contribution in [0.1, 0.15) is 6.42 Å². The van der Waals surface area contributed by atoms with Gasteiger partial charge in [0.1, 0.15) is 0 Å². The molecule has 0 fully saturated rings. The fourth-order valence-electron chi connectivity index (χ4n) is 2.25. The number of rotatable bonds is 30. The predicted molar refractivity (Wildman–Crippen MR) is 126 cm³/mol. The van der Waals surface area contributed by atoms with E-state index >= 15 is 0 Å². The van der Waals surface area contributed by atoms with Crippen LogP contribution in [0.4, 0.5) is 0 Å². The molecule has 14 nitrogen and oxygen atoms in total. The van der Waals surface area contributed by atoms with Gasteiger partial charge in [0.05, 0.1) is 112 Å². The second-order valence-electron chi connectivity index (χ2n) is 6.75. The van der Waals surface area contributed by atoms with E-state index in [4.69, 9.17) is 48.5 Å². The van der Waals surface area contributed by atoms with Crippen LogP contribution in [0.2, 0.25) is 0 Å². The van der Waals surface area contributed by atoms with Gasteiger partial charge in [-0.2, -0.15) is 0 Å². The van der Waals surface area contributed by atoms with Crippen LogP contribution in [0, 0.1) is 0 Å². The molecule has 0 bridgehead atoms. The molecule has 0 aliphatic heterocycles. The van der Waals surface area contributed by atoms with Crippen LogP contribution in [0.5, 0.6) is 0 Å². The Morgan fingerprint density at radius 1 is 0.600 bits per heavy atom. The van der Waals surface area contributed by atoms with Gasteiger partial charge < -0.3 is 48.3 Å². The van der Waals surface area contributed by atoms with Gasteiger partial charge in [0.15, 0.2) is 0 Å². The van der Waals surface area contributed by atoms with Crippen LogP contribution in [0.3, 0.4) is 0 Å². The summed E-state index contributed by atoms with van der Waals surface area (Å²) in [5, 5.41) is 15.0. The molecule has 0 spiro atoms. The first-order valence-electron chi connectivity index (χ1n) is 11.8. The summed E-state index contributed by atoms with van der Waals surface area (Å²) in [4.78, 5) is 12.9. The van der Waals surface area contributed by atoms with Crippen molar-refractivity contribution in [2.75, 3.05) is 125 Å². The Kier molecular flexibility index (Phi) is 29.1. The second-order valence-corrected chi connectivity index (χ2v) is 6.75. The van der Waals surface area contributed by atoms with Crippen molar-refractivity contribution in [3.63, 3.8) is 0 Å². The summed E-state index contributed by atoms with van der Waals surface area (Å²) in [5.74, 6) is -0.872. The minimum Gasteiger partial charge on any atom is -0.481 e. The van der Waals surface area contributed by atoms with Crippen molar-refractivity contribution >= 4 is 5.97 Å². The lowest BCUT2D eigenvalue weighted by molar-refractivity contribution is -0.138. The molecule has 206 valence electrons. The lowest BCUT2D eigenvalue weighted by atomic mass is 10.5. The number of carbonyl (C=O) groups is 1. The van der Waals surface area contributed by atoms with Gasteiger partial charge in [0.2, 0.25) is 0 Å². The maximum Gasteiger partial charge on any atom is 0.305 e. The highest BCUT2D eigenvalue weighted by atomic mass is 16.6. The smallest absolute Gasteiger partial charge is 0.305 e. The molecule has 0 radical (unpaired) electrons. The minimum absolute atomic E-state index is 0.00187. The molecule has 35 heavy (non-hydrogen) atoms. The Morgan fingerprint density at radius 2 is 0.943 bits per heavy atom. The van der Waals surface area contributed by atoms with Crippen molar-refractivity contribution < 1.29 is 47.8 Å². The highest BCUT2D eigenvalue weighted by Crippen LogP contribution is 1.86. The van der Waals surface area contributed by atoms with Gasteiger partial charge in [-0.15, -0.1) is 0 Å². The summed E-state index contributed by atoms with van der Waals surface area (Å²) in [6.45, 7) is 9.29. The summed E-state index contributed by atoms with van der Waals surface area (Å²) >= 11 is 0. The third-order valence-electron chi connectivity index (χ3n) is 3.94. The minimum atomic E-state index is -0.872. The molecule has 0 aromatic carbocycles. The molecule has 0 unspecified atom stereocenters. The van der Waals surface area contributed by atoms with Crippen molar-refractivity contribution in [1.29, 1.82) is 0 Å². The van der Waals surface area contributed by atoms with Gasteiger partial charge in [-0.3, -0.25) is 4.79 Å². The Morgan fingerprint density at radius 3 is 1.31 bits per heavy atom. The third kappa shape index (κ3) is 32.4. The van der Waals surface area contributed by atoms with E-state index in [9.17, 15) is 4.79 Å². The lowest BCUT2D eigenvalue weighted by Crippen LogP contribution is -2.25. The predicted octanol–water partition coefficient (Wildman–Crippen LogP) is 0.494. The number of carboxylic acid groups (broad SMARTS) is 1. The topological polar surface area (TPSA) is 172 Å². The number of aliphatic carboxylic acids is 1. The molecule has 0 aromatic heterocycles. The zero-order valence-electron chi connectivity index (χ0n) is 20.6. The molecule has 14 heteroatoms. The van der Waals surface area contributed by atoms with Crippen LogP contribution in [0.15, 0.2) is 5.11 Å². The number of carboxylic acids is 1. The molecule has 0 heterocycles. The molecule has 0 aliphatic carbocycles. The molecular weight excluding hydrogens is 468 g/mol. The molecule has 0 aromatic rings. The highest BCUT2D eigenvalue weighted by molar-refractivity contribution is 5.66. The molecule has 0 rings (SSSR count). The third-order valence-corrected chi connectivity index (χ3v) is 3.94. The van der Waals surface area contributed by atoms with E-state index in [0.717, 1.165) is 13.1 Å². The zero-order valence-corrected chi connectivity index (χ0v) is 20.6. The molecule has 2 N–H and O–H groups in total. The number of azide groups is 1. The van der Waals surface area contributed by atoms with E-state index in [2.05, 4.69) is 15.3 Å². The van der Waals surface area contributed by atoms with Crippen LogP contribution >= 0.6 is 0 Å². The average molecular weight is 511 g/mol. The van der Waals surface area contributed by atoms with E-state index in [-0.39, 0.29) is 13.0 Å². The molecule has 0 aliphatic rings. The van der Waals surface area contributed by atoms with Crippen LogP contribution in [-0.2, 0) is 42.7 Å². The molecule has 0 saturated carbocycles. The SMILES string of the molecule is [N-]=[N+]=NCCOCCOCCOCCOCCNCCOCCOCCOCCOCCC(=O)O. The van der Waals surface area contributed by atoms with Gasteiger partial charge in [-0.1, -0.05) is 5.11 Å². The first kappa shape index (κ1) is 33.4. The van der Waals surface area contributed by atoms with E-state index in [1.807, 2.05) is 0 Å². The van der Waals surface area contributed by atoms with Crippen molar-refractivity contribution in [3.05, 3.63) is 10.4 Å². The van der Waals surface area contributed by atoms with Crippen LogP contribution in [-0.4, -0.2) is 136 Å². The Balaban J connectivity index is 3.03. The summed E-state index contributed by atoms with van der Waals surface area (Å²) in [6, 6.07) is 0. The summed E-state index contributed by atoms with van der Waals surface area (Å²) in [5.41, 5.74) is 8.11. The molecular formula is C21H42N4O10. The summed E-state index contributed by atoms with van der Waals surface area (Å²) in [6.07, 6.45) is 0.00187. The number of ether oxygens (including phenoxy) is 8. The van der Waals surface area contributed by atoms with Crippen molar-refractivity contribution in [3.8, 4) is 0 Å². The van der Waals surface area contributed by atoms with Crippen LogP contribution in [0.25, 0.3) is 10.4 Å². The maximum atomic E-state index is 10.3. The molecule has 0 atom stereocenters. The van der Waals surface area contributed by atoms with E-state index < -0.39 is 5.97 Å². The van der Waals surface area contributed by atoms with Gasteiger partial charge in [0.25, 0.3) is 0 Å². The number of hydrogen-bond acceptors (Lipinski definition) is 11. The average Bonchev–Trinajstić information content (AvgIpc) is 2.85. The lowest BCUT2D eigenvalue weighted by Gasteiger charge is -2.09. The fourth-order valence-corrected chi connectivity index (χ4v) is 2.25. The van der Waals surface area contributed by atoms with Gasteiger partial charge in [0, 0.05) is 24.5 Å². The fraction of sp³-hybridized carbons (Fsp3) is 0.952. The Labute approximate surface area is 207 Å². The van der Waals surface area contributed by atoms with Crippen molar-refractivity contribution in [2.45, 2.75) is 6.42 Å². The molecule has 0 amide bonds. The quantitative estimate of drug-likeness (QED) is 0.0596. The molecule has 0 saturated heterocycles. The first-order chi connectivity index (χ1) is 17.3. The van der Waals surface area contributed by atoms with E-state index in [0.29, 0.717) is 106 Å². The first-order valence-corrected chi connectivity index (χ1v) is 11.8. The van der Waals surface area contributed by atoms with E-state index in [1.54, 1.807) is 0 Å². The second kappa shape index (κ2) is 30.5. The normalized spacial score (nSPS) is 11.0. The Hall–Kier alpha value is -1.58. The zero-order chi connectivity index (χ0) is 25.5. The summed E-state index contributed by atoms with van der Waals surface area (Å²) < 4.78 is 42.7. The monoisotopic (exact) mass is 510 g/mol. The highest BCUT2D eigenvalue weighted by Gasteiger charge is 1.97. The standard InChI is InChI=1S/C21H42N4O10/c22-25-24-4-8-31-12-16-35-20-19-34-15-11-30-7-3-23-2-6-29-10-14-33-18-17-32-13-9-28-5-1-21(26)27/h23H,1-20H2,(H,26,27). The number of nitrogens with zero attached hydrogens (tertiary/aromatic N) is 3. The largest absolute Gasteiger partial charge is 0.481 e. The van der Waals surface area contributed by atoms with Crippen molar-refractivity contribution in [1.82, 2.24) is 5.32 Å². The number of hydrogen-bond donors (Lipinski definition) is 2. The van der Waals surface area contributed by atoms with Gasteiger partial charge in [-0.05, 0) is 5.53 Å². The maximum absolute atomic E-state index is 10.3. The van der Waals surface area contributed by atoms with Crippen molar-refractivity contribution in [2.24, 2.45) is 5.11 Å². The van der Waals surface area contributed by atoms with Gasteiger partial charge >= 0.3 is 5.97 Å². The Bertz CT molecular complexity index is 471. The number of nitrogens with one attached hydrogen (secondary N) is 1. The summed E-state index contributed by atoms with van der Waals surface area (Å²) in [7, 11) is 0. The van der Waals surface area contributed by atoms with Crippen LogP contribution < -0.4 is 5.32 Å². The van der Waals surface area contributed by atoms with Gasteiger partial charge in [-0.25, -0.2) is 0 Å². The van der Waals surface area contributed by atoms with E-state index in [1.165, 1.54) is 0 Å².